The lowest BCUT2D eigenvalue weighted by Crippen LogP contribution is -2.17. The van der Waals surface area contributed by atoms with E-state index in [2.05, 4.69) is 9.97 Å². The van der Waals surface area contributed by atoms with Crippen molar-refractivity contribution in [3.05, 3.63) is 63.2 Å². The predicted molar refractivity (Wildman–Crippen MR) is 110 cm³/mol. The molecule has 1 aromatic heterocycles. The van der Waals surface area contributed by atoms with Crippen LogP contribution in [0.15, 0.2) is 41.2 Å². The number of hydrogen-bond donors (Lipinski definition) is 1. The normalized spacial score (nSPS) is 12.1. The molecule has 0 saturated heterocycles. The Morgan fingerprint density at radius 2 is 1.90 bits per heavy atom. The monoisotopic (exact) mass is 416 g/mol. The first-order valence-corrected chi connectivity index (χ1v) is 9.42. The number of methoxy groups -OCH3 is 1. The molecule has 0 aliphatic carbocycles. The highest BCUT2D eigenvalue weighted by Gasteiger charge is 2.21. The Bertz CT molecular complexity index is 1110. The maximum absolute atomic E-state index is 12.6. The van der Waals surface area contributed by atoms with Crippen LogP contribution in [0.5, 0.6) is 11.5 Å². The Morgan fingerprint density at radius 3 is 2.59 bits per heavy atom. The third-order valence-electron chi connectivity index (χ3n) is 4.12. The van der Waals surface area contributed by atoms with Crippen molar-refractivity contribution < 1.29 is 19.0 Å². The van der Waals surface area contributed by atoms with E-state index in [1.165, 1.54) is 19.2 Å². The third kappa shape index (κ3) is 4.51. The minimum absolute atomic E-state index is 0.116. The number of rotatable bonds is 6. The molecule has 0 aliphatic heterocycles. The Hall–Kier alpha value is -3.06. The van der Waals surface area contributed by atoms with Crippen LogP contribution in [0.25, 0.3) is 10.9 Å². The van der Waals surface area contributed by atoms with Crippen molar-refractivity contribution in [2.75, 3.05) is 7.11 Å². The topological polar surface area (TPSA) is 90.5 Å². The van der Waals surface area contributed by atoms with Crippen LogP contribution in [0.1, 0.15) is 43.1 Å². The number of nitrogens with one attached hydrogen (secondary N) is 1. The van der Waals surface area contributed by atoms with Gasteiger partial charge in [-0.1, -0.05) is 23.7 Å². The number of carbonyl (C=O) groups is 1. The first kappa shape index (κ1) is 20.7. The molecular weight excluding hydrogens is 396 g/mol. The van der Waals surface area contributed by atoms with Gasteiger partial charge in [-0.05, 0) is 45.0 Å². The predicted octanol–water partition coefficient (Wildman–Crippen LogP) is 4.29. The van der Waals surface area contributed by atoms with Crippen molar-refractivity contribution in [3.8, 4) is 11.5 Å². The summed E-state index contributed by atoms with van der Waals surface area (Å²) < 4.78 is 16.4. The fourth-order valence-corrected chi connectivity index (χ4v) is 3.02. The van der Waals surface area contributed by atoms with Crippen molar-refractivity contribution in [2.45, 2.75) is 33.0 Å². The second-order valence-electron chi connectivity index (χ2n) is 6.67. The summed E-state index contributed by atoms with van der Waals surface area (Å²) >= 11 is 6.27. The van der Waals surface area contributed by atoms with Crippen molar-refractivity contribution in [1.82, 2.24) is 9.97 Å². The number of hydrogen-bond acceptors (Lipinski definition) is 6. The number of ether oxygens (including phenoxy) is 3. The average Bonchev–Trinajstić information content (AvgIpc) is 2.68. The average molecular weight is 417 g/mol. The van der Waals surface area contributed by atoms with E-state index >= 15 is 0 Å². The SMILES string of the molecule is COc1cc(C(=O)O[C@@H](C)c2nc3ccccc3c(=O)[nH]2)cc(Cl)c1OC(C)C. The van der Waals surface area contributed by atoms with Gasteiger partial charge in [0.1, 0.15) is 0 Å². The number of para-hydroxylation sites is 1. The zero-order chi connectivity index (χ0) is 21.1. The summed E-state index contributed by atoms with van der Waals surface area (Å²) in [7, 11) is 1.46. The van der Waals surface area contributed by atoms with Gasteiger partial charge in [-0.15, -0.1) is 0 Å². The number of benzene rings is 2. The third-order valence-corrected chi connectivity index (χ3v) is 4.40. The molecule has 7 nitrogen and oxygen atoms in total. The maximum atomic E-state index is 12.6. The number of aromatic amines is 1. The van der Waals surface area contributed by atoms with Crippen LogP contribution in [-0.4, -0.2) is 29.2 Å². The smallest absolute Gasteiger partial charge is 0.339 e. The molecular formula is C21H21ClN2O5. The van der Waals surface area contributed by atoms with Crippen molar-refractivity contribution >= 4 is 28.5 Å². The maximum Gasteiger partial charge on any atom is 0.339 e. The van der Waals surface area contributed by atoms with Crippen molar-refractivity contribution in [3.63, 3.8) is 0 Å². The van der Waals surface area contributed by atoms with Crippen LogP contribution in [-0.2, 0) is 4.74 Å². The zero-order valence-electron chi connectivity index (χ0n) is 16.5. The van der Waals surface area contributed by atoms with Gasteiger partial charge in [-0.3, -0.25) is 4.79 Å². The summed E-state index contributed by atoms with van der Waals surface area (Å²) in [5.41, 5.74) is 0.417. The van der Waals surface area contributed by atoms with Gasteiger partial charge >= 0.3 is 5.97 Å². The van der Waals surface area contributed by atoms with Crippen LogP contribution < -0.4 is 15.0 Å². The summed E-state index contributed by atoms with van der Waals surface area (Å²) in [6.07, 6.45) is -0.897. The van der Waals surface area contributed by atoms with Gasteiger partial charge in [-0.25, -0.2) is 9.78 Å². The molecule has 0 fully saturated rings. The number of aromatic nitrogens is 2. The molecule has 0 saturated carbocycles. The van der Waals surface area contributed by atoms with Gasteiger partial charge in [0.05, 0.1) is 34.7 Å². The van der Waals surface area contributed by atoms with Crippen molar-refractivity contribution in [1.29, 1.82) is 0 Å². The van der Waals surface area contributed by atoms with E-state index < -0.39 is 12.1 Å². The fourth-order valence-electron chi connectivity index (χ4n) is 2.77. The molecule has 29 heavy (non-hydrogen) atoms. The second-order valence-corrected chi connectivity index (χ2v) is 7.08. The van der Waals surface area contributed by atoms with E-state index in [1.54, 1.807) is 31.2 Å². The molecule has 3 rings (SSSR count). The largest absolute Gasteiger partial charge is 0.493 e. The molecule has 1 heterocycles. The molecule has 152 valence electrons. The highest BCUT2D eigenvalue weighted by atomic mass is 35.5. The molecule has 2 aromatic carbocycles. The van der Waals surface area contributed by atoms with E-state index in [4.69, 9.17) is 25.8 Å². The van der Waals surface area contributed by atoms with Gasteiger partial charge in [0, 0.05) is 0 Å². The van der Waals surface area contributed by atoms with Crippen molar-refractivity contribution in [2.24, 2.45) is 0 Å². The van der Waals surface area contributed by atoms with Crippen LogP contribution >= 0.6 is 11.6 Å². The quantitative estimate of drug-likeness (QED) is 0.603. The molecule has 0 unspecified atom stereocenters. The Kier molecular flexibility index (Phi) is 6.08. The van der Waals surface area contributed by atoms with Gasteiger partial charge < -0.3 is 19.2 Å². The van der Waals surface area contributed by atoms with E-state index in [9.17, 15) is 9.59 Å². The summed E-state index contributed by atoms with van der Waals surface area (Å²) in [4.78, 5) is 31.9. The molecule has 0 amide bonds. The summed E-state index contributed by atoms with van der Waals surface area (Å²) in [5, 5.41) is 0.696. The molecule has 0 radical (unpaired) electrons. The van der Waals surface area contributed by atoms with Crippen LogP contribution in [0.3, 0.4) is 0 Å². The van der Waals surface area contributed by atoms with E-state index in [0.717, 1.165) is 0 Å². The highest BCUT2D eigenvalue weighted by molar-refractivity contribution is 6.32. The lowest BCUT2D eigenvalue weighted by atomic mass is 10.2. The minimum Gasteiger partial charge on any atom is -0.493 e. The summed E-state index contributed by atoms with van der Waals surface area (Å²) in [6.45, 7) is 5.34. The number of halogens is 1. The summed E-state index contributed by atoms with van der Waals surface area (Å²) in [5.74, 6) is 0.293. The lowest BCUT2D eigenvalue weighted by molar-refractivity contribution is 0.0319. The molecule has 0 aliphatic rings. The molecule has 0 bridgehead atoms. The first-order valence-electron chi connectivity index (χ1n) is 9.04. The summed E-state index contributed by atoms with van der Waals surface area (Å²) in [6, 6.07) is 9.89. The standard InChI is InChI=1S/C21H21ClN2O5/c1-11(2)28-18-15(22)9-13(10-17(18)27-4)21(26)29-12(3)19-23-16-8-6-5-7-14(16)20(25)24-19/h5-12H,1-4H3,(H,23,24,25)/t12-/m0/s1. The van der Waals surface area contributed by atoms with E-state index in [1.807, 2.05) is 13.8 Å². The Balaban J connectivity index is 1.86. The van der Waals surface area contributed by atoms with Gasteiger partial charge in [-0.2, -0.15) is 0 Å². The molecule has 8 heteroatoms. The Labute approximate surface area is 172 Å². The molecule has 1 atom stereocenters. The number of H-pyrrole nitrogens is 1. The molecule has 3 aromatic rings. The molecule has 0 spiro atoms. The Morgan fingerprint density at radius 1 is 1.17 bits per heavy atom. The number of nitrogens with zero attached hydrogens (tertiary/aromatic N) is 1. The van der Waals surface area contributed by atoms with Crippen LogP contribution in [0, 0.1) is 0 Å². The first-order chi connectivity index (χ1) is 13.8. The van der Waals surface area contributed by atoms with Crippen LogP contribution in [0.2, 0.25) is 5.02 Å². The highest BCUT2D eigenvalue weighted by Crippen LogP contribution is 2.37. The van der Waals surface area contributed by atoms with Gasteiger partial charge in [0.2, 0.25) is 0 Å². The van der Waals surface area contributed by atoms with Crippen LogP contribution in [0.4, 0.5) is 0 Å². The van der Waals surface area contributed by atoms with Gasteiger partial charge in [0.15, 0.2) is 23.4 Å². The van der Waals surface area contributed by atoms with Gasteiger partial charge in [0.25, 0.3) is 5.56 Å². The zero-order valence-corrected chi connectivity index (χ0v) is 17.2. The fraction of sp³-hybridized carbons (Fsp3) is 0.286. The number of carbonyl (C=O) groups excluding carboxylic acids is 1. The number of esters is 1. The minimum atomic E-state index is -0.781. The van der Waals surface area contributed by atoms with E-state index in [0.29, 0.717) is 22.4 Å². The van der Waals surface area contributed by atoms with E-state index in [-0.39, 0.29) is 28.1 Å². The number of fused-ring (bicyclic) bond motifs is 1. The second kappa shape index (κ2) is 8.53. The lowest BCUT2D eigenvalue weighted by Gasteiger charge is -2.17. The molecule has 1 N–H and O–H groups in total.